The lowest BCUT2D eigenvalue weighted by molar-refractivity contribution is 0.0922. The van der Waals surface area contributed by atoms with E-state index >= 15 is 0 Å². The summed E-state index contributed by atoms with van der Waals surface area (Å²) in [6.07, 6.45) is 6.00. The first-order valence-electron chi connectivity index (χ1n) is 7.00. The van der Waals surface area contributed by atoms with E-state index in [9.17, 15) is 4.79 Å². The van der Waals surface area contributed by atoms with E-state index in [4.69, 9.17) is 0 Å². The first-order chi connectivity index (χ1) is 9.66. The number of rotatable bonds is 4. The maximum Gasteiger partial charge on any atom is 0.268 e. The molecular weight excluding hydrogens is 250 g/mol. The van der Waals surface area contributed by atoms with Gasteiger partial charge in [-0.05, 0) is 49.4 Å². The number of carbonyl (C=O) groups is 1. The summed E-state index contributed by atoms with van der Waals surface area (Å²) in [6, 6.07) is 7.73. The van der Waals surface area contributed by atoms with Crippen molar-refractivity contribution >= 4 is 5.91 Å². The average molecular weight is 269 g/mol. The molecule has 2 heterocycles. The fourth-order valence-electron chi connectivity index (χ4n) is 2.57. The minimum Gasteiger partial charge on any atom is -0.347 e. The van der Waals surface area contributed by atoms with Crippen LogP contribution in [0, 0.1) is 12.8 Å². The molecule has 1 fully saturated rings. The van der Waals surface area contributed by atoms with Crippen molar-refractivity contribution in [2.24, 2.45) is 13.0 Å². The van der Waals surface area contributed by atoms with E-state index in [0.29, 0.717) is 11.6 Å². The molecule has 1 atom stereocenters. The van der Waals surface area contributed by atoms with E-state index in [1.54, 1.807) is 6.20 Å². The number of pyridine rings is 1. The van der Waals surface area contributed by atoms with Gasteiger partial charge in [-0.25, -0.2) is 0 Å². The molecular formula is C16H19N3O. The fourth-order valence-corrected chi connectivity index (χ4v) is 2.57. The van der Waals surface area contributed by atoms with Gasteiger partial charge in [0, 0.05) is 19.4 Å². The molecule has 0 aromatic carbocycles. The summed E-state index contributed by atoms with van der Waals surface area (Å²) >= 11 is 0. The van der Waals surface area contributed by atoms with Crippen molar-refractivity contribution < 1.29 is 4.79 Å². The molecule has 4 nitrogen and oxygen atoms in total. The van der Waals surface area contributed by atoms with Gasteiger partial charge in [0.25, 0.3) is 5.91 Å². The van der Waals surface area contributed by atoms with Crippen LogP contribution in [-0.4, -0.2) is 15.5 Å². The van der Waals surface area contributed by atoms with Crippen molar-refractivity contribution in [1.82, 2.24) is 14.9 Å². The second-order valence-corrected chi connectivity index (χ2v) is 5.50. The van der Waals surface area contributed by atoms with Crippen molar-refractivity contribution in [2.45, 2.75) is 25.8 Å². The number of nitrogens with one attached hydrogen (secondary N) is 1. The largest absolute Gasteiger partial charge is 0.347 e. The molecule has 104 valence electrons. The van der Waals surface area contributed by atoms with E-state index in [2.05, 4.69) is 10.3 Å². The lowest BCUT2D eigenvalue weighted by Gasteiger charge is -2.19. The van der Waals surface area contributed by atoms with Crippen LogP contribution in [0.15, 0.2) is 36.7 Å². The molecule has 1 saturated carbocycles. The number of hydrogen-bond donors (Lipinski definition) is 1. The van der Waals surface area contributed by atoms with Gasteiger partial charge in [0.15, 0.2) is 0 Å². The molecule has 4 heteroatoms. The number of nitrogens with zero attached hydrogens (tertiary/aromatic N) is 2. The van der Waals surface area contributed by atoms with Crippen LogP contribution >= 0.6 is 0 Å². The summed E-state index contributed by atoms with van der Waals surface area (Å²) < 4.78 is 1.84. The minimum absolute atomic E-state index is 0.0265. The maximum absolute atomic E-state index is 12.4. The second-order valence-electron chi connectivity index (χ2n) is 5.50. The molecule has 0 spiro atoms. The fraction of sp³-hybridized carbons (Fsp3) is 0.375. The molecule has 1 N–H and O–H groups in total. The lowest BCUT2D eigenvalue weighted by Crippen LogP contribution is -2.32. The Morgan fingerprint density at radius 1 is 1.40 bits per heavy atom. The van der Waals surface area contributed by atoms with Gasteiger partial charge < -0.3 is 9.88 Å². The highest BCUT2D eigenvalue weighted by Gasteiger charge is 2.35. The molecule has 1 unspecified atom stereocenters. The van der Waals surface area contributed by atoms with Crippen LogP contribution in [0.2, 0.25) is 0 Å². The van der Waals surface area contributed by atoms with Gasteiger partial charge in [0.2, 0.25) is 0 Å². The third-order valence-corrected chi connectivity index (χ3v) is 3.90. The number of aromatic nitrogens is 2. The quantitative estimate of drug-likeness (QED) is 0.927. The average Bonchev–Trinajstić information content (AvgIpc) is 3.18. The molecule has 0 aliphatic heterocycles. The minimum atomic E-state index is -0.0283. The van der Waals surface area contributed by atoms with Gasteiger partial charge in [-0.15, -0.1) is 0 Å². The van der Waals surface area contributed by atoms with E-state index in [1.165, 1.54) is 0 Å². The van der Waals surface area contributed by atoms with Crippen LogP contribution in [0.3, 0.4) is 0 Å². The van der Waals surface area contributed by atoms with E-state index in [0.717, 1.165) is 24.1 Å². The number of carbonyl (C=O) groups excluding carboxylic acids is 1. The van der Waals surface area contributed by atoms with E-state index in [-0.39, 0.29) is 11.9 Å². The topological polar surface area (TPSA) is 46.9 Å². The molecule has 1 amide bonds. The Labute approximate surface area is 118 Å². The predicted octanol–water partition coefficient (Wildman–Crippen LogP) is 2.61. The van der Waals surface area contributed by atoms with Crippen LogP contribution in [0.1, 0.15) is 40.6 Å². The summed E-state index contributed by atoms with van der Waals surface area (Å²) in [6.45, 7) is 2.05. The van der Waals surface area contributed by atoms with Crippen LogP contribution in [0.4, 0.5) is 0 Å². The summed E-state index contributed by atoms with van der Waals surface area (Å²) in [7, 11) is 1.88. The van der Waals surface area contributed by atoms with Crippen molar-refractivity contribution in [3.8, 4) is 0 Å². The number of aryl methyl sites for hydroxylation is 2. The third kappa shape index (κ3) is 2.46. The molecule has 1 aliphatic rings. The van der Waals surface area contributed by atoms with Crippen molar-refractivity contribution in [3.05, 3.63) is 53.6 Å². The molecule has 0 bridgehead atoms. The Morgan fingerprint density at radius 3 is 2.80 bits per heavy atom. The zero-order valence-electron chi connectivity index (χ0n) is 11.8. The molecule has 3 rings (SSSR count). The SMILES string of the molecule is Cc1cccnc1C(NC(=O)c1cccn1C)C1CC1. The van der Waals surface area contributed by atoms with E-state index < -0.39 is 0 Å². The van der Waals surface area contributed by atoms with Crippen molar-refractivity contribution in [2.75, 3.05) is 0 Å². The smallest absolute Gasteiger partial charge is 0.268 e. The molecule has 0 saturated heterocycles. The highest BCUT2D eigenvalue weighted by molar-refractivity contribution is 5.93. The van der Waals surface area contributed by atoms with Gasteiger partial charge in [0.05, 0.1) is 11.7 Å². The van der Waals surface area contributed by atoms with Gasteiger partial charge >= 0.3 is 0 Å². The normalized spacial score (nSPS) is 15.9. The Balaban J connectivity index is 1.84. The summed E-state index contributed by atoms with van der Waals surface area (Å²) in [5.41, 5.74) is 2.82. The summed E-state index contributed by atoms with van der Waals surface area (Å²) in [5.74, 6) is 0.493. The highest BCUT2D eigenvalue weighted by Crippen LogP contribution is 2.41. The Hall–Kier alpha value is -2.10. The van der Waals surface area contributed by atoms with Gasteiger partial charge in [-0.1, -0.05) is 6.07 Å². The standard InChI is InChI=1S/C16H19N3O/c1-11-5-3-9-17-14(11)15(12-7-8-12)18-16(20)13-6-4-10-19(13)2/h3-6,9-10,12,15H,7-8H2,1-2H3,(H,18,20). The van der Waals surface area contributed by atoms with Gasteiger partial charge in [-0.3, -0.25) is 9.78 Å². The van der Waals surface area contributed by atoms with Crippen molar-refractivity contribution in [3.63, 3.8) is 0 Å². The number of hydrogen-bond acceptors (Lipinski definition) is 2. The maximum atomic E-state index is 12.4. The first kappa shape index (κ1) is 12.9. The molecule has 20 heavy (non-hydrogen) atoms. The Morgan fingerprint density at radius 2 is 2.20 bits per heavy atom. The third-order valence-electron chi connectivity index (χ3n) is 3.90. The highest BCUT2D eigenvalue weighted by atomic mass is 16.2. The molecule has 2 aromatic heterocycles. The molecule has 2 aromatic rings. The van der Waals surface area contributed by atoms with Crippen LogP contribution in [0.25, 0.3) is 0 Å². The lowest BCUT2D eigenvalue weighted by atomic mass is 10.0. The Bertz CT molecular complexity index is 628. The van der Waals surface area contributed by atoms with Crippen LogP contribution in [-0.2, 0) is 7.05 Å². The van der Waals surface area contributed by atoms with Gasteiger partial charge in [0.1, 0.15) is 5.69 Å². The zero-order valence-corrected chi connectivity index (χ0v) is 11.8. The molecule has 0 radical (unpaired) electrons. The zero-order chi connectivity index (χ0) is 14.1. The molecule has 1 aliphatic carbocycles. The van der Waals surface area contributed by atoms with Crippen molar-refractivity contribution in [1.29, 1.82) is 0 Å². The monoisotopic (exact) mass is 269 g/mol. The Kier molecular flexibility index (Phi) is 3.30. The van der Waals surface area contributed by atoms with E-state index in [1.807, 2.05) is 49.0 Å². The van der Waals surface area contributed by atoms with Crippen LogP contribution in [0.5, 0.6) is 0 Å². The van der Waals surface area contributed by atoms with Crippen LogP contribution < -0.4 is 5.32 Å². The predicted molar refractivity (Wildman–Crippen MR) is 77.3 cm³/mol. The number of amides is 1. The summed E-state index contributed by atoms with van der Waals surface area (Å²) in [4.78, 5) is 16.9. The first-order valence-corrected chi connectivity index (χ1v) is 7.00. The van der Waals surface area contributed by atoms with Gasteiger partial charge in [-0.2, -0.15) is 0 Å². The summed E-state index contributed by atoms with van der Waals surface area (Å²) in [5, 5.41) is 3.16. The second kappa shape index (κ2) is 5.12.